The third-order valence-corrected chi connectivity index (χ3v) is 7.12. The Balaban J connectivity index is 1.69. The Bertz CT molecular complexity index is 1050. The van der Waals surface area contributed by atoms with E-state index in [2.05, 4.69) is 107 Å². The van der Waals surface area contributed by atoms with Gasteiger partial charge >= 0.3 is 0 Å². The van der Waals surface area contributed by atoms with Crippen LogP contribution in [-0.4, -0.2) is 42.9 Å². The standard InChI is InChI=1S/C29H32INO2/c1-31-19-5-9-26(31)21-33-27-17-13-24(14-18-27)29(23-11-15-25(30)16-12-23)28(10-6-20-32)22-7-3-2-4-8-22/h2-4,7-8,11-18,26,32H,5-6,9-10,19-21H2,1H3/b29-28-/t26-/m0/s1. The molecule has 4 rings (SSSR count). The van der Waals surface area contributed by atoms with Gasteiger partial charge in [-0.25, -0.2) is 0 Å². The maximum Gasteiger partial charge on any atom is 0.119 e. The third kappa shape index (κ3) is 6.25. The van der Waals surface area contributed by atoms with Crippen LogP contribution in [0.5, 0.6) is 5.75 Å². The van der Waals surface area contributed by atoms with Crippen LogP contribution in [0.4, 0.5) is 0 Å². The molecular formula is C29H32INO2. The Labute approximate surface area is 211 Å². The lowest BCUT2D eigenvalue weighted by Gasteiger charge is -2.20. The van der Waals surface area contributed by atoms with Crippen LogP contribution in [0, 0.1) is 3.57 Å². The summed E-state index contributed by atoms with van der Waals surface area (Å²) in [6.07, 6.45) is 4.01. The SMILES string of the molecule is CN1CCC[C@H]1COc1ccc(/C(=C(/CCCO)c2ccccc2)c2ccc(I)cc2)cc1. The van der Waals surface area contributed by atoms with Gasteiger partial charge in [0.05, 0.1) is 0 Å². The molecule has 1 N–H and O–H groups in total. The summed E-state index contributed by atoms with van der Waals surface area (Å²) in [7, 11) is 2.18. The first kappa shape index (κ1) is 24.0. The minimum atomic E-state index is 0.179. The van der Waals surface area contributed by atoms with Crippen molar-refractivity contribution in [1.82, 2.24) is 4.90 Å². The summed E-state index contributed by atoms with van der Waals surface area (Å²) in [5.74, 6) is 0.914. The van der Waals surface area contributed by atoms with Crippen molar-refractivity contribution in [2.24, 2.45) is 0 Å². The van der Waals surface area contributed by atoms with E-state index in [9.17, 15) is 5.11 Å². The fraction of sp³-hybridized carbons (Fsp3) is 0.310. The molecule has 4 heteroatoms. The Kier molecular flexibility index (Phi) is 8.59. The molecule has 1 fully saturated rings. The first-order valence-electron chi connectivity index (χ1n) is 11.7. The van der Waals surface area contributed by atoms with Crippen molar-refractivity contribution in [3.8, 4) is 5.75 Å². The van der Waals surface area contributed by atoms with Gasteiger partial charge in [-0.15, -0.1) is 0 Å². The Hall–Kier alpha value is -2.15. The molecule has 0 radical (unpaired) electrons. The predicted octanol–water partition coefficient (Wildman–Crippen LogP) is 6.50. The van der Waals surface area contributed by atoms with Gasteiger partial charge in [0.15, 0.2) is 0 Å². The molecule has 1 saturated heterocycles. The van der Waals surface area contributed by atoms with Gasteiger partial charge in [0.2, 0.25) is 0 Å². The van der Waals surface area contributed by atoms with E-state index in [-0.39, 0.29) is 6.61 Å². The van der Waals surface area contributed by atoms with Gasteiger partial charge in [-0.2, -0.15) is 0 Å². The first-order chi connectivity index (χ1) is 16.2. The zero-order valence-electron chi connectivity index (χ0n) is 19.2. The molecule has 0 bridgehead atoms. The predicted molar refractivity (Wildman–Crippen MR) is 145 cm³/mol. The third-order valence-electron chi connectivity index (χ3n) is 6.40. The smallest absolute Gasteiger partial charge is 0.119 e. The van der Waals surface area contributed by atoms with Crippen molar-refractivity contribution in [3.63, 3.8) is 0 Å². The molecule has 0 saturated carbocycles. The number of likely N-dealkylation sites (tertiary alicyclic amines) is 1. The highest BCUT2D eigenvalue weighted by Gasteiger charge is 2.21. The molecule has 1 heterocycles. The summed E-state index contributed by atoms with van der Waals surface area (Å²) in [5, 5.41) is 9.58. The molecule has 3 nitrogen and oxygen atoms in total. The van der Waals surface area contributed by atoms with Gasteiger partial charge in [0, 0.05) is 16.2 Å². The molecular weight excluding hydrogens is 521 g/mol. The van der Waals surface area contributed by atoms with Crippen molar-refractivity contribution in [1.29, 1.82) is 0 Å². The number of ether oxygens (including phenoxy) is 1. The van der Waals surface area contributed by atoms with Gasteiger partial charge in [0.1, 0.15) is 12.4 Å². The van der Waals surface area contributed by atoms with Crippen LogP contribution in [0.1, 0.15) is 42.4 Å². The average molecular weight is 553 g/mol. The number of likely N-dealkylation sites (N-methyl/N-ethyl adjacent to an activating group) is 1. The number of allylic oxidation sites excluding steroid dienone is 1. The highest BCUT2D eigenvalue weighted by Crippen LogP contribution is 2.36. The zero-order valence-corrected chi connectivity index (χ0v) is 21.4. The van der Waals surface area contributed by atoms with E-state index >= 15 is 0 Å². The molecule has 0 aromatic heterocycles. The van der Waals surface area contributed by atoms with Crippen molar-refractivity contribution >= 4 is 33.7 Å². The van der Waals surface area contributed by atoms with Gasteiger partial charge in [0.25, 0.3) is 0 Å². The lowest BCUT2D eigenvalue weighted by Crippen LogP contribution is -2.30. The van der Waals surface area contributed by atoms with Gasteiger partial charge in [-0.1, -0.05) is 54.6 Å². The maximum atomic E-state index is 9.58. The molecule has 1 aliphatic rings. The van der Waals surface area contributed by atoms with Crippen molar-refractivity contribution in [2.75, 3.05) is 26.8 Å². The minimum Gasteiger partial charge on any atom is -0.492 e. The van der Waals surface area contributed by atoms with Crippen molar-refractivity contribution in [3.05, 3.63) is 99.1 Å². The molecule has 0 spiro atoms. The van der Waals surface area contributed by atoms with E-state index in [1.807, 2.05) is 6.07 Å². The number of halogens is 1. The number of hydrogen-bond donors (Lipinski definition) is 1. The first-order valence-corrected chi connectivity index (χ1v) is 12.8. The summed E-state index contributed by atoms with van der Waals surface area (Å²) < 4.78 is 7.35. The van der Waals surface area contributed by atoms with Crippen LogP contribution < -0.4 is 4.74 Å². The number of hydrogen-bond acceptors (Lipinski definition) is 3. The zero-order chi connectivity index (χ0) is 23.0. The molecule has 0 unspecified atom stereocenters. The summed E-state index contributed by atoms with van der Waals surface area (Å²) in [4.78, 5) is 2.39. The number of aliphatic hydroxyl groups excluding tert-OH is 1. The lowest BCUT2D eigenvalue weighted by atomic mass is 9.87. The topological polar surface area (TPSA) is 32.7 Å². The number of nitrogens with zero attached hydrogens (tertiary/aromatic N) is 1. The fourth-order valence-electron chi connectivity index (χ4n) is 4.54. The van der Waals surface area contributed by atoms with Crippen LogP contribution in [-0.2, 0) is 0 Å². The molecule has 33 heavy (non-hydrogen) atoms. The molecule has 3 aromatic carbocycles. The summed E-state index contributed by atoms with van der Waals surface area (Å²) in [6, 6.07) is 28.3. The average Bonchev–Trinajstić information content (AvgIpc) is 3.27. The van der Waals surface area contributed by atoms with Crippen LogP contribution >= 0.6 is 22.6 Å². The quantitative estimate of drug-likeness (QED) is 0.243. The van der Waals surface area contributed by atoms with Gasteiger partial charge in [-0.05, 0) is 114 Å². The number of rotatable bonds is 9. The monoisotopic (exact) mass is 553 g/mol. The van der Waals surface area contributed by atoms with E-state index in [4.69, 9.17) is 4.74 Å². The Morgan fingerprint density at radius 2 is 1.61 bits per heavy atom. The van der Waals surface area contributed by atoms with Crippen LogP contribution in [0.3, 0.4) is 0 Å². The van der Waals surface area contributed by atoms with Gasteiger partial charge < -0.3 is 14.7 Å². The van der Waals surface area contributed by atoms with E-state index in [1.54, 1.807) is 0 Å². The van der Waals surface area contributed by atoms with E-state index in [1.165, 1.54) is 44.2 Å². The van der Waals surface area contributed by atoms with E-state index < -0.39 is 0 Å². The maximum absolute atomic E-state index is 9.58. The largest absolute Gasteiger partial charge is 0.492 e. The molecule has 3 aromatic rings. The molecule has 0 amide bonds. The summed E-state index contributed by atoms with van der Waals surface area (Å²) >= 11 is 2.35. The Morgan fingerprint density at radius 1 is 0.939 bits per heavy atom. The van der Waals surface area contributed by atoms with E-state index in [0.717, 1.165) is 31.7 Å². The van der Waals surface area contributed by atoms with Crippen LogP contribution in [0.15, 0.2) is 78.9 Å². The van der Waals surface area contributed by atoms with Crippen LogP contribution in [0.25, 0.3) is 11.1 Å². The van der Waals surface area contributed by atoms with E-state index in [0.29, 0.717) is 6.04 Å². The second kappa shape index (κ2) is 11.8. The molecule has 172 valence electrons. The highest BCUT2D eigenvalue weighted by molar-refractivity contribution is 14.1. The molecule has 1 atom stereocenters. The molecule has 1 aliphatic heterocycles. The number of benzene rings is 3. The minimum absolute atomic E-state index is 0.179. The lowest BCUT2D eigenvalue weighted by molar-refractivity contribution is 0.198. The highest BCUT2D eigenvalue weighted by atomic mass is 127. The molecule has 0 aliphatic carbocycles. The summed E-state index contributed by atoms with van der Waals surface area (Å²) in [6.45, 7) is 2.08. The number of aliphatic hydroxyl groups is 1. The Morgan fingerprint density at radius 3 is 2.21 bits per heavy atom. The van der Waals surface area contributed by atoms with Gasteiger partial charge in [-0.3, -0.25) is 0 Å². The van der Waals surface area contributed by atoms with Crippen molar-refractivity contribution < 1.29 is 9.84 Å². The fourth-order valence-corrected chi connectivity index (χ4v) is 4.90. The summed E-state index contributed by atoms with van der Waals surface area (Å²) in [5.41, 5.74) is 6.02. The van der Waals surface area contributed by atoms with Crippen molar-refractivity contribution in [2.45, 2.75) is 31.7 Å². The normalized spacial score (nSPS) is 17.1. The second-order valence-corrected chi connectivity index (χ2v) is 9.91. The van der Waals surface area contributed by atoms with Crippen LogP contribution in [0.2, 0.25) is 0 Å². The second-order valence-electron chi connectivity index (χ2n) is 8.67.